The Kier molecular flexibility index (Phi) is 5.70. The second-order valence-electron chi connectivity index (χ2n) is 7.41. The third-order valence-corrected chi connectivity index (χ3v) is 5.08. The Morgan fingerprint density at radius 1 is 1.27 bits per heavy atom. The van der Waals surface area contributed by atoms with Crippen LogP contribution < -0.4 is 15.8 Å². The first kappa shape index (κ1) is 22.5. The van der Waals surface area contributed by atoms with Crippen molar-refractivity contribution in [2.45, 2.75) is 31.6 Å². The number of cyclic esters (lactones) is 1. The third kappa shape index (κ3) is 4.21. The number of oxazole rings is 1. The molecular weight excluding hydrogens is 445 g/mol. The molecule has 0 spiro atoms. The Hall–Kier alpha value is -3.67. The van der Waals surface area contributed by atoms with Gasteiger partial charge in [0.05, 0.1) is 19.8 Å². The predicted molar refractivity (Wildman–Crippen MR) is 108 cm³/mol. The predicted octanol–water partition coefficient (Wildman–Crippen LogP) is 2.98. The number of esters is 1. The molecule has 3 aromatic rings. The number of rotatable bonds is 5. The molecule has 3 heterocycles. The molecule has 33 heavy (non-hydrogen) atoms. The van der Waals surface area contributed by atoms with Crippen LogP contribution in [0, 0.1) is 0 Å². The van der Waals surface area contributed by atoms with Crippen molar-refractivity contribution in [3.05, 3.63) is 41.4 Å². The van der Waals surface area contributed by atoms with Crippen molar-refractivity contribution in [2.75, 3.05) is 13.7 Å². The number of hydrogen-bond donors (Lipinski definition) is 2. The largest absolute Gasteiger partial charge is 0.494 e. The summed E-state index contributed by atoms with van der Waals surface area (Å²) < 4.78 is 55.3. The van der Waals surface area contributed by atoms with Crippen LogP contribution in [0.25, 0.3) is 22.4 Å². The van der Waals surface area contributed by atoms with Crippen molar-refractivity contribution < 1.29 is 36.7 Å². The molecule has 1 fully saturated rings. The number of nitrogens with zero attached hydrogens (tertiary/aromatic N) is 2. The van der Waals surface area contributed by atoms with E-state index in [2.05, 4.69) is 15.3 Å². The molecule has 1 saturated heterocycles. The third-order valence-electron chi connectivity index (χ3n) is 5.08. The van der Waals surface area contributed by atoms with Gasteiger partial charge in [-0.2, -0.15) is 13.2 Å². The van der Waals surface area contributed by atoms with E-state index in [1.807, 2.05) is 0 Å². The summed E-state index contributed by atoms with van der Waals surface area (Å²) in [5.41, 5.74) is 4.96. The maximum atomic E-state index is 13.2. The van der Waals surface area contributed by atoms with Crippen molar-refractivity contribution >= 4 is 22.8 Å². The average Bonchev–Trinajstić information content (AvgIpc) is 3.38. The van der Waals surface area contributed by atoms with Gasteiger partial charge in [-0.05, 0) is 31.2 Å². The van der Waals surface area contributed by atoms with Crippen LogP contribution in [0.5, 0.6) is 5.75 Å². The van der Waals surface area contributed by atoms with Gasteiger partial charge in [-0.15, -0.1) is 0 Å². The van der Waals surface area contributed by atoms with Gasteiger partial charge in [0.2, 0.25) is 5.89 Å². The van der Waals surface area contributed by atoms with Crippen LogP contribution in [-0.2, 0) is 15.7 Å². The first-order valence-corrected chi connectivity index (χ1v) is 9.89. The van der Waals surface area contributed by atoms with E-state index in [0.717, 1.165) is 6.07 Å². The molecule has 0 saturated carbocycles. The fourth-order valence-electron chi connectivity index (χ4n) is 3.47. The van der Waals surface area contributed by atoms with E-state index in [-0.39, 0.29) is 46.2 Å². The number of aromatic nitrogens is 2. The molecule has 2 aromatic heterocycles. The minimum absolute atomic E-state index is 0.0457. The highest BCUT2D eigenvalue weighted by Gasteiger charge is 2.34. The van der Waals surface area contributed by atoms with Gasteiger partial charge in [0, 0.05) is 17.4 Å². The van der Waals surface area contributed by atoms with Gasteiger partial charge in [-0.1, -0.05) is 0 Å². The van der Waals surface area contributed by atoms with Crippen molar-refractivity contribution in [2.24, 2.45) is 5.73 Å². The van der Waals surface area contributed by atoms with Gasteiger partial charge in [-0.3, -0.25) is 4.79 Å². The zero-order valence-corrected chi connectivity index (χ0v) is 17.5. The van der Waals surface area contributed by atoms with E-state index in [1.165, 1.54) is 25.3 Å². The summed E-state index contributed by atoms with van der Waals surface area (Å²) in [5.74, 6) is -1.11. The number of halogens is 3. The van der Waals surface area contributed by atoms with E-state index in [9.17, 15) is 22.8 Å². The van der Waals surface area contributed by atoms with Crippen LogP contribution in [0.3, 0.4) is 0 Å². The molecule has 9 nitrogen and oxygen atoms in total. The number of amides is 1. The normalized spacial score (nSPS) is 17.2. The Labute approximate surface area is 185 Å². The second-order valence-corrected chi connectivity index (χ2v) is 7.41. The van der Waals surface area contributed by atoms with E-state index >= 15 is 0 Å². The minimum atomic E-state index is -4.65. The van der Waals surface area contributed by atoms with Crippen molar-refractivity contribution in [3.8, 4) is 17.2 Å². The monoisotopic (exact) mass is 464 g/mol. The van der Waals surface area contributed by atoms with E-state index in [1.54, 1.807) is 6.92 Å². The van der Waals surface area contributed by atoms with E-state index < -0.39 is 35.8 Å². The molecule has 0 radical (unpaired) electrons. The molecule has 1 aliphatic rings. The molecule has 174 valence electrons. The number of hydrogen-bond acceptors (Lipinski definition) is 8. The fraction of sp³-hybridized carbons (Fsp3) is 0.333. The zero-order chi connectivity index (χ0) is 23.9. The number of carbonyl (C=O) groups is 2. The SMILES string of the molecule is COc1ccc(-c2nc(C(=O)NC3CCOC3=O)c([C@H](C)N)o2)c2ccc(C(F)(F)F)nc12. The molecule has 1 aliphatic heterocycles. The number of carbonyl (C=O) groups excluding carboxylic acids is 2. The Morgan fingerprint density at radius 2 is 2.03 bits per heavy atom. The highest BCUT2D eigenvalue weighted by molar-refractivity contribution is 5.99. The van der Waals surface area contributed by atoms with Gasteiger partial charge in [0.1, 0.15) is 23.0 Å². The molecule has 0 aliphatic carbocycles. The Bertz CT molecular complexity index is 1240. The maximum absolute atomic E-state index is 13.2. The number of pyridine rings is 1. The molecule has 1 unspecified atom stereocenters. The smallest absolute Gasteiger partial charge is 0.433 e. The lowest BCUT2D eigenvalue weighted by Gasteiger charge is -2.11. The number of ether oxygens (including phenoxy) is 2. The van der Waals surface area contributed by atoms with Crippen LogP contribution in [0.2, 0.25) is 0 Å². The highest BCUT2D eigenvalue weighted by Crippen LogP contribution is 2.37. The summed E-state index contributed by atoms with van der Waals surface area (Å²) in [6, 6.07) is 3.47. The van der Waals surface area contributed by atoms with Gasteiger partial charge < -0.3 is 24.9 Å². The van der Waals surface area contributed by atoms with E-state index in [4.69, 9.17) is 19.6 Å². The topological polar surface area (TPSA) is 130 Å². The number of nitrogens with one attached hydrogen (secondary N) is 1. The molecule has 4 rings (SSSR count). The second kappa shape index (κ2) is 8.35. The molecule has 3 N–H and O–H groups in total. The summed E-state index contributed by atoms with van der Waals surface area (Å²) >= 11 is 0. The number of alkyl halides is 3. The maximum Gasteiger partial charge on any atom is 0.433 e. The van der Waals surface area contributed by atoms with Gasteiger partial charge >= 0.3 is 12.1 Å². The molecule has 1 aromatic carbocycles. The summed E-state index contributed by atoms with van der Waals surface area (Å²) in [6.45, 7) is 1.77. The van der Waals surface area contributed by atoms with Crippen LogP contribution in [0.1, 0.15) is 41.3 Å². The number of fused-ring (bicyclic) bond motifs is 1. The lowest BCUT2D eigenvalue weighted by atomic mass is 10.1. The van der Waals surface area contributed by atoms with Gasteiger partial charge in [-0.25, -0.2) is 14.8 Å². The minimum Gasteiger partial charge on any atom is -0.494 e. The summed E-state index contributed by atoms with van der Waals surface area (Å²) in [7, 11) is 1.31. The van der Waals surface area contributed by atoms with Crippen LogP contribution in [-0.4, -0.2) is 41.6 Å². The number of benzene rings is 1. The van der Waals surface area contributed by atoms with Crippen molar-refractivity contribution in [1.82, 2.24) is 15.3 Å². The Morgan fingerprint density at radius 3 is 2.64 bits per heavy atom. The van der Waals surface area contributed by atoms with Crippen LogP contribution in [0.4, 0.5) is 13.2 Å². The number of methoxy groups -OCH3 is 1. The molecule has 12 heteroatoms. The standard InChI is InChI=1S/C21H19F3N4O5/c1-9(25)17-16(18(29)26-12-7-8-32-20(12)30)28-19(33-17)11-3-5-13(31-2)15-10(11)4-6-14(27-15)21(22,23)24/h3-6,9,12H,7-8,25H2,1-2H3,(H,26,29)/t9-,12?/m0/s1. The summed E-state index contributed by atoms with van der Waals surface area (Å²) in [6.07, 6.45) is -4.33. The van der Waals surface area contributed by atoms with Crippen LogP contribution >= 0.6 is 0 Å². The zero-order valence-electron chi connectivity index (χ0n) is 17.5. The van der Waals surface area contributed by atoms with E-state index in [0.29, 0.717) is 6.42 Å². The number of nitrogens with two attached hydrogens (primary N) is 1. The van der Waals surface area contributed by atoms with Crippen molar-refractivity contribution in [3.63, 3.8) is 0 Å². The first-order chi connectivity index (χ1) is 15.6. The quantitative estimate of drug-likeness (QED) is 0.552. The van der Waals surface area contributed by atoms with Crippen molar-refractivity contribution in [1.29, 1.82) is 0 Å². The lowest BCUT2D eigenvalue weighted by molar-refractivity contribution is -0.141. The molecule has 2 atom stereocenters. The highest BCUT2D eigenvalue weighted by atomic mass is 19.4. The molecule has 0 bridgehead atoms. The lowest BCUT2D eigenvalue weighted by Crippen LogP contribution is -2.38. The summed E-state index contributed by atoms with van der Waals surface area (Å²) in [4.78, 5) is 32.4. The molecular formula is C21H19F3N4O5. The van der Waals surface area contributed by atoms with Gasteiger partial charge in [0.15, 0.2) is 11.5 Å². The Balaban J connectivity index is 1.80. The van der Waals surface area contributed by atoms with Gasteiger partial charge in [0.25, 0.3) is 5.91 Å². The van der Waals surface area contributed by atoms with Crippen LogP contribution in [0.15, 0.2) is 28.7 Å². The summed E-state index contributed by atoms with van der Waals surface area (Å²) in [5, 5.41) is 2.81. The average molecular weight is 464 g/mol. The first-order valence-electron chi connectivity index (χ1n) is 9.89. The fourth-order valence-corrected chi connectivity index (χ4v) is 3.47. The molecule has 1 amide bonds.